The molecule has 1 aliphatic carbocycles. The minimum atomic E-state index is 0.0578. The molecule has 5 nitrogen and oxygen atoms in total. The number of amides is 1. The molecule has 1 unspecified atom stereocenters. The minimum Gasteiger partial charge on any atom is -0.352 e. The summed E-state index contributed by atoms with van der Waals surface area (Å²) in [5, 5.41) is 6.16. The van der Waals surface area contributed by atoms with Crippen LogP contribution in [0.4, 0.5) is 0 Å². The molecule has 2 aliphatic rings. The number of benzene rings is 1. The van der Waals surface area contributed by atoms with E-state index in [0.29, 0.717) is 18.5 Å². The summed E-state index contributed by atoms with van der Waals surface area (Å²) in [5.74, 6) is 1.42. The van der Waals surface area contributed by atoms with Crippen molar-refractivity contribution in [1.29, 1.82) is 0 Å². The Morgan fingerprint density at radius 2 is 2.05 bits per heavy atom. The van der Waals surface area contributed by atoms with Crippen molar-refractivity contribution in [2.45, 2.75) is 31.2 Å². The van der Waals surface area contributed by atoms with Crippen molar-refractivity contribution in [2.24, 2.45) is 4.99 Å². The van der Waals surface area contributed by atoms with Gasteiger partial charge < -0.3 is 15.5 Å². The van der Waals surface area contributed by atoms with E-state index in [1.54, 1.807) is 7.05 Å². The number of nitrogens with zero attached hydrogens (tertiary/aromatic N) is 2. The third kappa shape index (κ3) is 3.78. The Hall–Kier alpha value is -2.04. The number of nitrogens with one attached hydrogen (secondary N) is 2. The standard InChI is InChI=1S/C17H24N4O/c1-18-17(19-11-16(22)20-15-7-8-15)21-10-9-14(12-21)13-5-3-2-4-6-13/h2-6,14-15H,7-12H2,1H3,(H,18,19)(H,20,22). The maximum absolute atomic E-state index is 11.8. The average Bonchev–Trinajstić information content (AvgIpc) is 3.22. The molecule has 0 spiro atoms. The highest BCUT2D eigenvalue weighted by Crippen LogP contribution is 2.26. The second-order valence-electron chi connectivity index (χ2n) is 6.08. The summed E-state index contributed by atoms with van der Waals surface area (Å²) in [7, 11) is 1.77. The van der Waals surface area contributed by atoms with Crippen LogP contribution in [0.15, 0.2) is 35.3 Å². The molecular weight excluding hydrogens is 276 g/mol. The van der Waals surface area contributed by atoms with Crippen LogP contribution in [-0.4, -0.2) is 49.5 Å². The van der Waals surface area contributed by atoms with Crippen LogP contribution in [0.2, 0.25) is 0 Å². The lowest BCUT2D eigenvalue weighted by atomic mass is 9.99. The van der Waals surface area contributed by atoms with Crippen LogP contribution in [0.3, 0.4) is 0 Å². The summed E-state index contributed by atoms with van der Waals surface area (Å²) >= 11 is 0. The minimum absolute atomic E-state index is 0.0578. The number of hydrogen-bond donors (Lipinski definition) is 2. The van der Waals surface area contributed by atoms with Crippen LogP contribution < -0.4 is 10.6 Å². The van der Waals surface area contributed by atoms with Crippen molar-refractivity contribution in [3.63, 3.8) is 0 Å². The van der Waals surface area contributed by atoms with Crippen molar-refractivity contribution >= 4 is 11.9 Å². The Morgan fingerprint density at radius 3 is 2.73 bits per heavy atom. The summed E-state index contributed by atoms with van der Waals surface area (Å²) < 4.78 is 0. The first-order chi connectivity index (χ1) is 10.8. The molecule has 1 saturated carbocycles. The van der Waals surface area contributed by atoms with Gasteiger partial charge in [0, 0.05) is 32.1 Å². The molecule has 5 heteroatoms. The average molecular weight is 300 g/mol. The monoisotopic (exact) mass is 300 g/mol. The fraction of sp³-hybridized carbons (Fsp3) is 0.529. The molecule has 1 saturated heterocycles. The van der Waals surface area contributed by atoms with E-state index < -0.39 is 0 Å². The molecular formula is C17H24N4O. The normalized spacial score (nSPS) is 21.8. The van der Waals surface area contributed by atoms with E-state index in [1.165, 1.54) is 5.56 Å². The summed E-state index contributed by atoms with van der Waals surface area (Å²) in [6, 6.07) is 11.0. The van der Waals surface area contributed by atoms with Crippen LogP contribution in [0.1, 0.15) is 30.7 Å². The smallest absolute Gasteiger partial charge is 0.239 e. The predicted octanol–water partition coefficient (Wildman–Crippen LogP) is 1.33. The van der Waals surface area contributed by atoms with Gasteiger partial charge in [0.05, 0.1) is 6.54 Å². The number of hydrogen-bond acceptors (Lipinski definition) is 2. The first-order valence-corrected chi connectivity index (χ1v) is 8.06. The van der Waals surface area contributed by atoms with Crippen LogP contribution >= 0.6 is 0 Å². The topological polar surface area (TPSA) is 56.7 Å². The first kappa shape index (κ1) is 14.9. The van der Waals surface area contributed by atoms with Gasteiger partial charge in [0.25, 0.3) is 0 Å². The van der Waals surface area contributed by atoms with Crippen molar-refractivity contribution in [1.82, 2.24) is 15.5 Å². The molecule has 1 aliphatic heterocycles. The van der Waals surface area contributed by atoms with Gasteiger partial charge in [-0.3, -0.25) is 9.79 Å². The number of rotatable bonds is 4. The third-order valence-corrected chi connectivity index (χ3v) is 4.32. The van der Waals surface area contributed by atoms with E-state index in [0.717, 1.165) is 38.3 Å². The van der Waals surface area contributed by atoms with Gasteiger partial charge in [0.1, 0.15) is 0 Å². The second kappa shape index (κ2) is 6.81. The number of carbonyl (C=O) groups is 1. The maximum atomic E-state index is 11.8. The van der Waals surface area contributed by atoms with Crippen molar-refractivity contribution in [2.75, 3.05) is 26.7 Å². The molecule has 1 heterocycles. The van der Waals surface area contributed by atoms with Gasteiger partial charge in [0.15, 0.2) is 5.96 Å². The quantitative estimate of drug-likeness (QED) is 0.651. The fourth-order valence-electron chi connectivity index (χ4n) is 2.95. The molecule has 3 rings (SSSR count). The summed E-state index contributed by atoms with van der Waals surface area (Å²) in [4.78, 5) is 18.3. The Balaban J connectivity index is 1.50. The second-order valence-corrected chi connectivity index (χ2v) is 6.08. The van der Waals surface area contributed by atoms with E-state index in [4.69, 9.17) is 0 Å². The summed E-state index contributed by atoms with van der Waals surface area (Å²) in [6.07, 6.45) is 3.36. The first-order valence-electron chi connectivity index (χ1n) is 8.06. The van der Waals surface area contributed by atoms with Gasteiger partial charge in [-0.1, -0.05) is 30.3 Å². The third-order valence-electron chi connectivity index (χ3n) is 4.32. The van der Waals surface area contributed by atoms with E-state index in [1.807, 2.05) is 0 Å². The van der Waals surface area contributed by atoms with Crippen molar-refractivity contribution in [3.05, 3.63) is 35.9 Å². The lowest BCUT2D eigenvalue weighted by Crippen LogP contribution is -2.45. The van der Waals surface area contributed by atoms with Gasteiger partial charge in [-0.15, -0.1) is 0 Å². The fourth-order valence-corrected chi connectivity index (χ4v) is 2.95. The van der Waals surface area contributed by atoms with Crippen molar-refractivity contribution < 1.29 is 4.79 Å². The predicted molar refractivity (Wildman–Crippen MR) is 87.9 cm³/mol. The van der Waals surface area contributed by atoms with Crippen LogP contribution in [0, 0.1) is 0 Å². The molecule has 1 aromatic rings. The highest BCUT2D eigenvalue weighted by molar-refractivity contribution is 5.86. The van der Waals surface area contributed by atoms with E-state index in [-0.39, 0.29) is 5.91 Å². The van der Waals surface area contributed by atoms with Gasteiger partial charge in [-0.2, -0.15) is 0 Å². The highest BCUT2D eigenvalue weighted by atomic mass is 16.2. The Morgan fingerprint density at radius 1 is 1.27 bits per heavy atom. The van der Waals surface area contributed by atoms with Crippen LogP contribution in [0.25, 0.3) is 0 Å². The van der Waals surface area contributed by atoms with Gasteiger partial charge in [-0.05, 0) is 24.8 Å². The molecule has 0 aromatic heterocycles. The molecule has 0 bridgehead atoms. The number of aliphatic imine (C=N–C) groups is 1. The molecule has 2 fully saturated rings. The molecule has 0 radical (unpaired) electrons. The number of carbonyl (C=O) groups excluding carboxylic acids is 1. The number of guanidine groups is 1. The summed E-state index contributed by atoms with van der Waals surface area (Å²) in [6.45, 7) is 2.23. The van der Waals surface area contributed by atoms with Crippen molar-refractivity contribution in [3.8, 4) is 0 Å². The zero-order valence-corrected chi connectivity index (χ0v) is 13.1. The Labute approximate surface area is 131 Å². The SMILES string of the molecule is CN=C(NCC(=O)NC1CC1)N1CCC(c2ccccc2)C1. The summed E-state index contributed by atoms with van der Waals surface area (Å²) in [5.41, 5.74) is 1.38. The van der Waals surface area contributed by atoms with Gasteiger partial charge >= 0.3 is 0 Å². The lowest BCUT2D eigenvalue weighted by molar-refractivity contribution is -0.120. The number of likely N-dealkylation sites (tertiary alicyclic amines) is 1. The largest absolute Gasteiger partial charge is 0.352 e. The highest BCUT2D eigenvalue weighted by Gasteiger charge is 2.27. The van der Waals surface area contributed by atoms with Crippen LogP contribution in [-0.2, 0) is 4.79 Å². The maximum Gasteiger partial charge on any atom is 0.239 e. The van der Waals surface area contributed by atoms with Crippen LogP contribution in [0.5, 0.6) is 0 Å². The van der Waals surface area contributed by atoms with E-state index >= 15 is 0 Å². The lowest BCUT2D eigenvalue weighted by Gasteiger charge is -2.21. The zero-order valence-electron chi connectivity index (χ0n) is 13.1. The Bertz CT molecular complexity index is 539. The zero-order chi connectivity index (χ0) is 15.4. The molecule has 1 atom stereocenters. The Kier molecular flexibility index (Phi) is 4.61. The van der Waals surface area contributed by atoms with Gasteiger partial charge in [0.2, 0.25) is 5.91 Å². The molecule has 2 N–H and O–H groups in total. The molecule has 118 valence electrons. The van der Waals surface area contributed by atoms with E-state index in [2.05, 4.69) is 50.9 Å². The molecule has 22 heavy (non-hydrogen) atoms. The van der Waals surface area contributed by atoms with E-state index in [9.17, 15) is 4.79 Å². The van der Waals surface area contributed by atoms with Gasteiger partial charge in [-0.25, -0.2) is 0 Å². The molecule has 1 amide bonds. The molecule has 1 aromatic carbocycles.